The van der Waals surface area contributed by atoms with Crippen LogP contribution in [0.15, 0.2) is 48.5 Å². The van der Waals surface area contributed by atoms with Gasteiger partial charge >= 0.3 is 6.18 Å². The summed E-state index contributed by atoms with van der Waals surface area (Å²) < 4.78 is 43.5. The molecule has 1 N–H and O–H groups in total. The summed E-state index contributed by atoms with van der Waals surface area (Å²) >= 11 is 0. The van der Waals surface area contributed by atoms with Crippen LogP contribution < -0.4 is 10.1 Å². The number of aromatic nitrogens is 2. The molecule has 0 aliphatic rings. The maximum Gasteiger partial charge on any atom is 0.422 e. The lowest BCUT2D eigenvalue weighted by Gasteiger charge is -2.11. The molecule has 0 saturated heterocycles. The number of aryl methyl sites for hydroxylation is 2. The monoisotopic (exact) mass is 417 g/mol. The Labute approximate surface area is 172 Å². The quantitative estimate of drug-likeness (QED) is 0.611. The predicted molar refractivity (Wildman–Crippen MR) is 108 cm³/mol. The van der Waals surface area contributed by atoms with Crippen molar-refractivity contribution in [1.29, 1.82) is 0 Å². The number of alkyl halides is 3. The van der Waals surface area contributed by atoms with Crippen LogP contribution in [0.1, 0.15) is 32.9 Å². The Morgan fingerprint density at radius 3 is 2.47 bits per heavy atom. The summed E-state index contributed by atoms with van der Waals surface area (Å²) in [7, 11) is 0. The van der Waals surface area contributed by atoms with Gasteiger partial charge in [0.05, 0.1) is 23.6 Å². The number of hydrogen-bond donors (Lipinski definition) is 1. The van der Waals surface area contributed by atoms with Crippen LogP contribution in [0.2, 0.25) is 0 Å². The molecule has 2 aromatic carbocycles. The highest BCUT2D eigenvalue weighted by molar-refractivity contribution is 6.05. The third-order valence-corrected chi connectivity index (χ3v) is 4.57. The first-order valence-corrected chi connectivity index (χ1v) is 9.33. The number of anilines is 1. The van der Waals surface area contributed by atoms with Crippen LogP contribution in [0, 0.1) is 20.8 Å². The Morgan fingerprint density at radius 2 is 1.80 bits per heavy atom. The van der Waals surface area contributed by atoms with E-state index < -0.39 is 18.7 Å². The molecular weight excluding hydrogens is 395 g/mol. The molecule has 5 nitrogen and oxygen atoms in total. The van der Waals surface area contributed by atoms with E-state index in [1.54, 1.807) is 11.6 Å². The van der Waals surface area contributed by atoms with Gasteiger partial charge in [0.2, 0.25) is 0 Å². The summed E-state index contributed by atoms with van der Waals surface area (Å²) in [5.74, 6) is -0.475. The van der Waals surface area contributed by atoms with Gasteiger partial charge in [-0.1, -0.05) is 35.9 Å². The number of carbonyl (C=O) groups is 1. The molecule has 8 heteroatoms. The van der Waals surface area contributed by atoms with E-state index in [1.165, 1.54) is 29.8 Å². The van der Waals surface area contributed by atoms with Crippen LogP contribution >= 0.6 is 0 Å². The zero-order valence-corrected chi connectivity index (χ0v) is 16.9. The number of nitrogens with one attached hydrogen (secondary N) is 1. The standard InChI is InChI=1S/C22H22F3N3O2/c1-14-7-9-17(10-8-14)12-28-16(3)20(15(2)27-28)26-21(29)18-5-4-6-19(11-18)30-13-22(23,24)25/h4-11H,12-13H2,1-3H3,(H,26,29). The lowest BCUT2D eigenvalue weighted by molar-refractivity contribution is -0.153. The van der Waals surface area contributed by atoms with E-state index in [4.69, 9.17) is 4.74 Å². The summed E-state index contributed by atoms with van der Waals surface area (Å²) in [6, 6.07) is 13.7. The highest BCUT2D eigenvalue weighted by Crippen LogP contribution is 2.23. The molecule has 0 bridgehead atoms. The number of rotatable bonds is 6. The van der Waals surface area contributed by atoms with Gasteiger partial charge in [0.15, 0.2) is 6.61 Å². The van der Waals surface area contributed by atoms with Crippen molar-refractivity contribution in [3.05, 3.63) is 76.6 Å². The van der Waals surface area contributed by atoms with Gasteiger partial charge in [-0.15, -0.1) is 0 Å². The van der Waals surface area contributed by atoms with Gasteiger partial charge in [-0.2, -0.15) is 18.3 Å². The van der Waals surface area contributed by atoms with Crippen LogP contribution in [0.4, 0.5) is 18.9 Å². The van der Waals surface area contributed by atoms with E-state index in [0.29, 0.717) is 17.9 Å². The minimum atomic E-state index is -4.45. The maximum absolute atomic E-state index is 12.7. The molecule has 0 aliphatic heterocycles. The fraction of sp³-hybridized carbons (Fsp3) is 0.273. The van der Waals surface area contributed by atoms with Crippen molar-refractivity contribution in [2.75, 3.05) is 11.9 Å². The minimum Gasteiger partial charge on any atom is -0.484 e. The van der Waals surface area contributed by atoms with Gasteiger partial charge in [-0.05, 0) is 44.5 Å². The summed E-state index contributed by atoms with van der Waals surface area (Å²) in [6.07, 6.45) is -4.45. The highest BCUT2D eigenvalue weighted by Gasteiger charge is 2.28. The molecule has 0 saturated carbocycles. The van der Waals surface area contributed by atoms with Gasteiger partial charge < -0.3 is 10.1 Å². The number of carbonyl (C=O) groups excluding carboxylic acids is 1. The molecular formula is C22H22F3N3O2. The molecule has 3 aromatic rings. The van der Waals surface area contributed by atoms with E-state index in [1.807, 2.05) is 38.1 Å². The number of amides is 1. The number of halogens is 3. The van der Waals surface area contributed by atoms with Crippen LogP contribution in [0.5, 0.6) is 5.75 Å². The van der Waals surface area contributed by atoms with E-state index in [9.17, 15) is 18.0 Å². The van der Waals surface area contributed by atoms with E-state index >= 15 is 0 Å². The molecule has 1 amide bonds. The molecule has 0 radical (unpaired) electrons. The number of ether oxygens (including phenoxy) is 1. The van der Waals surface area contributed by atoms with E-state index in [-0.39, 0.29) is 11.3 Å². The molecule has 0 atom stereocenters. The first-order chi connectivity index (χ1) is 14.1. The van der Waals surface area contributed by atoms with Crippen molar-refractivity contribution >= 4 is 11.6 Å². The van der Waals surface area contributed by atoms with Crippen molar-refractivity contribution in [3.8, 4) is 5.75 Å². The number of hydrogen-bond acceptors (Lipinski definition) is 3. The van der Waals surface area contributed by atoms with Crippen molar-refractivity contribution in [2.24, 2.45) is 0 Å². The fourth-order valence-electron chi connectivity index (χ4n) is 2.98. The van der Waals surface area contributed by atoms with E-state index in [2.05, 4.69) is 10.4 Å². The normalized spacial score (nSPS) is 11.4. The Kier molecular flexibility index (Phi) is 6.14. The molecule has 30 heavy (non-hydrogen) atoms. The lowest BCUT2D eigenvalue weighted by atomic mass is 10.1. The average Bonchev–Trinajstić information content (AvgIpc) is 2.95. The summed E-state index contributed by atoms with van der Waals surface area (Å²) in [4.78, 5) is 12.7. The third kappa shape index (κ3) is 5.40. The van der Waals surface area contributed by atoms with Crippen molar-refractivity contribution in [1.82, 2.24) is 9.78 Å². The van der Waals surface area contributed by atoms with Crippen molar-refractivity contribution < 1.29 is 22.7 Å². The van der Waals surface area contributed by atoms with Crippen LogP contribution in [-0.2, 0) is 6.54 Å². The molecule has 0 fully saturated rings. The van der Waals surface area contributed by atoms with Gasteiger partial charge in [-0.3, -0.25) is 9.48 Å². The van der Waals surface area contributed by atoms with Crippen LogP contribution in [-0.4, -0.2) is 28.5 Å². The Balaban J connectivity index is 1.74. The number of benzene rings is 2. The lowest BCUT2D eigenvalue weighted by Crippen LogP contribution is -2.19. The topological polar surface area (TPSA) is 56.2 Å². The van der Waals surface area contributed by atoms with Gasteiger partial charge in [0.25, 0.3) is 5.91 Å². The Bertz CT molecular complexity index is 1040. The second-order valence-corrected chi connectivity index (χ2v) is 7.07. The fourth-order valence-corrected chi connectivity index (χ4v) is 2.98. The first kappa shape index (κ1) is 21.4. The largest absolute Gasteiger partial charge is 0.484 e. The van der Waals surface area contributed by atoms with E-state index in [0.717, 1.165) is 11.3 Å². The second-order valence-electron chi connectivity index (χ2n) is 7.07. The SMILES string of the molecule is Cc1ccc(Cn2nc(C)c(NC(=O)c3cccc(OCC(F)(F)F)c3)c2C)cc1. The van der Waals surface area contributed by atoms with Gasteiger partial charge in [0, 0.05) is 5.56 Å². The smallest absolute Gasteiger partial charge is 0.422 e. The summed E-state index contributed by atoms with van der Waals surface area (Å²) in [5.41, 5.74) is 4.46. The minimum absolute atomic E-state index is 0.0246. The van der Waals surface area contributed by atoms with Crippen LogP contribution in [0.25, 0.3) is 0 Å². The summed E-state index contributed by atoms with van der Waals surface area (Å²) in [5, 5.41) is 7.31. The molecule has 158 valence electrons. The number of nitrogens with zero attached hydrogens (tertiary/aromatic N) is 2. The molecule has 0 spiro atoms. The molecule has 1 heterocycles. The third-order valence-electron chi connectivity index (χ3n) is 4.57. The Hall–Kier alpha value is -3.29. The highest BCUT2D eigenvalue weighted by atomic mass is 19.4. The summed E-state index contributed by atoms with van der Waals surface area (Å²) in [6.45, 7) is 4.80. The zero-order chi connectivity index (χ0) is 21.9. The maximum atomic E-state index is 12.7. The zero-order valence-electron chi connectivity index (χ0n) is 16.9. The molecule has 1 aromatic heterocycles. The second kappa shape index (κ2) is 8.61. The molecule has 0 aliphatic carbocycles. The van der Waals surface area contributed by atoms with Crippen LogP contribution in [0.3, 0.4) is 0 Å². The van der Waals surface area contributed by atoms with Gasteiger partial charge in [0.1, 0.15) is 5.75 Å². The average molecular weight is 417 g/mol. The molecule has 3 rings (SSSR count). The first-order valence-electron chi connectivity index (χ1n) is 9.33. The molecule has 0 unspecified atom stereocenters. The Morgan fingerprint density at radius 1 is 1.10 bits per heavy atom. The van der Waals surface area contributed by atoms with Gasteiger partial charge in [-0.25, -0.2) is 0 Å². The predicted octanol–water partition coefficient (Wildman–Crippen LogP) is 5.05. The van der Waals surface area contributed by atoms with Crippen molar-refractivity contribution in [2.45, 2.75) is 33.5 Å². The van der Waals surface area contributed by atoms with Crippen molar-refractivity contribution in [3.63, 3.8) is 0 Å².